The minimum Gasteiger partial charge on any atom is -0.300 e. The molecule has 2 fully saturated rings. The summed E-state index contributed by atoms with van der Waals surface area (Å²) in [5.41, 5.74) is 0. The normalized spacial score (nSPS) is 23.8. The van der Waals surface area contributed by atoms with Crippen molar-refractivity contribution < 1.29 is 21.6 Å². The molecule has 2 rings (SSSR count). The molecule has 1 saturated heterocycles. The summed E-state index contributed by atoms with van der Waals surface area (Å²) < 4.78 is 30.3. The van der Waals surface area contributed by atoms with Gasteiger partial charge in [0.05, 0.1) is 11.5 Å². The van der Waals surface area contributed by atoms with Gasteiger partial charge in [-0.05, 0) is 19.3 Å². The largest absolute Gasteiger partial charge is 0.300 e. The van der Waals surface area contributed by atoms with Crippen LogP contribution in [0.2, 0.25) is 0 Å². The van der Waals surface area contributed by atoms with E-state index < -0.39 is 20.4 Å². The van der Waals surface area contributed by atoms with E-state index in [-0.39, 0.29) is 29.0 Å². The van der Waals surface area contributed by atoms with Crippen molar-refractivity contribution in [1.82, 2.24) is 0 Å². The number of unbranched alkanes of at least 4 members (excludes halogenated alkanes) is 1. The van der Waals surface area contributed by atoms with Gasteiger partial charge in [0.2, 0.25) is 0 Å². The van der Waals surface area contributed by atoms with E-state index in [0.717, 1.165) is 32.1 Å². The van der Waals surface area contributed by atoms with Crippen molar-refractivity contribution in [3.05, 3.63) is 0 Å². The highest BCUT2D eigenvalue weighted by atomic mass is 32.3. The lowest BCUT2D eigenvalue weighted by molar-refractivity contribution is -0.121. The summed E-state index contributed by atoms with van der Waals surface area (Å²) in [6, 6.07) is 0. The molecule has 0 aromatic rings. The number of carbonyl (C=O) groups is 2. The average molecular weight is 379 g/mol. The van der Waals surface area contributed by atoms with E-state index in [4.69, 9.17) is 3.63 Å². The van der Waals surface area contributed by atoms with Gasteiger partial charge in [-0.3, -0.25) is 9.59 Å². The van der Waals surface area contributed by atoms with Gasteiger partial charge < -0.3 is 0 Å². The summed E-state index contributed by atoms with van der Waals surface area (Å²) >= 11 is 0. The first kappa shape index (κ1) is 19.9. The third-order valence-corrected chi connectivity index (χ3v) is 10.4. The second-order valence-corrected chi connectivity index (χ2v) is 12.1. The molecule has 0 atom stereocenters. The van der Waals surface area contributed by atoms with Gasteiger partial charge >= 0.3 is 0 Å². The number of carbonyl (C=O) groups excluding carboxylic acids is 2. The predicted molar refractivity (Wildman–Crippen MR) is 97.8 cm³/mol. The fourth-order valence-electron chi connectivity index (χ4n) is 3.44. The lowest BCUT2D eigenvalue weighted by atomic mass is 9.87. The number of ketones is 2. The summed E-state index contributed by atoms with van der Waals surface area (Å²) in [6.45, 7) is 1.93. The molecule has 5 nitrogen and oxygen atoms in total. The average Bonchev–Trinajstić information content (AvgIpc) is 2.56. The van der Waals surface area contributed by atoms with Crippen molar-refractivity contribution in [2.24, 2.45) is 5.92 Å². The van der Waals surface area contributed by atoms with Gasteiger partial charge in [-0.1, -0.05) is 32.6 Å². The van der Waals surface area contributed by atoms with E-state index in [2.05, 4.69) is 0 Å². The van der Waals surface area contributed by atoms with Crippen LogP contribution in [0.3, 0.4) is 0 Å². The number of Topliss-reactive ketones (excluding diaryl/α,β-unsaturated/α-hetero) is 2. The van der Waals surface area contributed by atoms with E-state index in [0.29, 0.717) is 30.8 Å². The van der Waals surface area contributed by atoms with Crippen LogP contribution >= 0.6 is 10.3 Å². The monoisotopic (exact) mass is 378 g/mol. The van der Waals surface area contributed by atoms with Crippen LogP contribution in [0.1, 0.15) is 64.7 Å². The minimum atomic E-state index is -3.62. The second-order valence-electron chi connectivity index (χ2n) is 7.04. The zero-order valence-electron chi connectivity index (χ0n) is 14.6. The molecule has 1 saturated carbocycles. The van der Waals surface area contributed by atoms with Gasteiger partial charge in [-0.2, -0.15) is 8.42 Å². The van der Waals surface area contributed by atoms with Gasteiger partial charge in [0.15, 0.2) is 0 Å². The van der Waals surface area contributed by atoms with Gasteiger partial charge in [-0.25, -0.2) is 3.63 Å². The Balaban J connectivity index is 2.08. The lowest BCUT2D eigenvalue weighted by Gasteiger charge is -2.41. The summed E-state index contributed by atoms with van der Waals surface area (Å²) in [4.78, 5) is 24.3. The first-order valence-corrected chi connectivity index (χ1v) is 12.7. The number of hydrogen-bond donors (Lipinski definition) is 0. The second kappa shape index (κ2) is 8.81. The molecule has 0 unspecified atom stereocenters. The van der Waals surface area contributed by atoms with Crippen LogP contribution in [0.5, 0.6) is 0 Å². The highest BCUT2D eigenvalue weighted by Gasteiger charge is 2.38. The first-order chi connectivity index (χ1) is 11.4. The zero-order chi connectivity index (χ0) is 17.6. The minimum absolute atomic E-state index is 0.00379. The Kier molecular flexibility index (Phi) is 7.31. The van der Waals surface area contributed by atoms with Crippen LogP contribution in [-0.2, 0) is 23.3 Å². The Morgan fingerprint density at radius 2 is 1.79 bits per heavy atom. The molecule has 1 aliphatic heterocycles. The summed E-state index contributed by atoms with van der Waals surface area (Å²) in [6.07, 6.45) is 7.19. The van der Waals surface area contributed by atoms with E-state index >= 15 is 0 Å². The maximum atomic E-state index is 12.7. The van der Waals surface area contributed by atoms with Crippen molar-refractivity contribution in [2.45, 2.75) is 64.7 Å². The Morgan fingerprint density at radius 3 is 2.38 bits per heavy atom. The van der Waals surface area contributed by atoms with Crippen LogP contribution in [0, 0.1) is 5.92 Å². The molecule has 0 N–H and O–H groups in total. The molecule has 7 heteroatoms. The third kappa shape index (κ3) is 5.85. The molecule has 0 aromatic carbocycles. The molecule has 0 radical (unpaired) electrons. The Bertz CT molecular complexity index is 539. The van der Waals surface area contributed by atoms with Gasteiger partial charge in [-0.15, -0.1) is 10.3 Å². The quantitative estimate of drug-likeness (QED) is 0.647. The van der Waals surface area contributed by atoms with E-state index in [9.17, 15) is 18.0 Å². The van der Waals surface area contributed by atoms with Crippen molar-refractivity contribution in [3.8, 4) is 0 Å². The standard InChI is InChI=1S/C17H30O5S2/c1-2-3-11-24(20,21)22-23(12-9-16(18)10-13-23)14-17(19)15-7-5-4-6-8-15/h15H,2-14H2,1H3. The van der Waals surface area contributed by atoms with Crippen LogP contribution in [-0.4, -0.2) is 43.0 Å². The van der Waals surface area contributed by atoms with Gasteiger partial charge in [0, 0.05) is 30.3 Å². The fourth-order valence-corrected chi connectivity index (χ4v) is 9.30. The molecule has 1 heterocycles. The summed E-state index contributed by atoms with van der Waals surface area (Å²) in [7, 11) is -5.65. The maximum absolute atomic E-state index is 12.7. The molecule has 2 aliphatic rings. The number of hydrogen-bond acceptors (Lipinski definition) is 5. The summed E-state index contributed by atoms with van der Waals surface area (Å²) in [5, 5.41) is 0. The van der Waals surface area contributed by atoms with Crippen molar-refractivity contribution in [2.75, 3.05) is 23.0 Å². The molecule has 0 amide bonds. The molecular weight excluding hydrogens is 348 g/mol. The molecule has 24 heavy (non-hydrogen) atoms. The third-order valence-electron chi connectivity index (χ3n) is 4.97. The molecular formula is C17H30O5S2. The first-order valence-electron chi connectivity index (χ1n) is 9.10. The zero-order valence-corrected chi connectivity index (χ0v) is 16.3. The van der Waals surface area contributed by atoms with Crippen LogP contribution in [0.25, 0.3) is 0 Å². The Morgan fingerprint density at radius 1 is 1.17 bits per heavy atom. The lowest BCUT2D eigenvalue weighted by Crippen LogP contribution is -2.33. The smallest absolute Gasteiger partial charge is 0.276 e. The molecule has 0 aromatic heterocycles. The van der Waals surface area contributed by atoms with Crippen LogP contribution < -0.4 is 0 Å². The van der Waals surface area contributed by atoms with Crippen LogP contribution in [0.15, 0.2) is 0 Å². The SMILES string of the molecule is CCCCS(=O)(=O)OS1(CC(=O)C2CCCCC2)CCC(=O)CC1. The van der Waals surface area contributed by atoms with Crippen molar-refractivity contribution in [1.29, 1.82) is 0 Å². The number of rotatable bonds is 8. The highest BCUT2D eigenvalue weighted by Crippen LogP contribution is 2.54. The van der Waals surface area contributed by atoms with E-state index in [1.165, 1.54) is 6.42 Å². The molecule has 0 spiro atoms. The fraction of sp³-hybridized carbons (Fsp3) is 0.882. The van der Waals surface area contributed by atoms with Gasteiger partial charge in [0.1, 0.15) is 11.6 Å². The predicted octanol–water partition coefficient (Wildman–Crippen LogP) is 3.36. The highest BCUT2D eigenvalue weighted by molar-refractivity contribution is 8.33. The topological polar surface area (TPSA) is 77.5 Å². The molecule has 140 valence electrons. The summed E-state index contributed by atoms with van der Waals surface area (Å²) in [5.74, 6) is 1.44. The maximum Gasteiger partial charge on any atom is 0.276 e. The van der Waals surface area contributed by atoms with E-state index in [1.807, 2.05) is 6.92 Å². The molecule has 0 bridgehead atoms. The van der Waals surface area contributed by atoms with Crippen LogP contribution in [0.4, 0.5) is 0 Å². The van der Waals surface area contributed by atoms with Crippen molar-refractivity contribution in [3.63, 3.8) is 0 Å². The Labute approximate surface area is 147 Å². The van der Waals surface area contributed by atoms with Crippen molar-refractivity contribution >= 4 is 32.0 Å². The van der Waals surface area contributed by atoms with E-state index in [1.54, 1.807) is 0 Å². The molecule has 1 aliphatic carbocycles. The Hall–Kier alpha value is -0.400. The van der Waals surface area contributed by atoms with Gasteiger partial charge in [0.25, 0.3) is 10.1 Å².